The van der Waals surface area contributed by atoms with E-state index >= 15 is 0 Å². The van der Waals surface area contributed by atoms with Gasteiger partial charge in [-0.3, -0.25) is 0 Å². The van der Waals surface area contributed by atoms with Gasteiger partial charge in [-0.2, -0.15) is 0 Å². The first-order chi connectivity index (χ1) is 8.20. The minimum atomic E-state index is -0.844. The standard InChI is InChI=1S/C14H22F2N2/c1-9(14(2,3)4)18(5)11-7-6-10(8-17)12(15)13(11)16/h6-7,9H,8,17H2,1-5H3. The van der Waals surface area contributed by atoms with Gasteiger partial charge in [0.2, 0.25) is 0 Å². The number of hydrogen-bond acceptors (Lipinski definition) is 2. The number of halogens is 2. The van der Waals surface area contributed by atoms with Crippen LogP contribution >= 0.6 is 0 Å². The maximum absolute atomic E-state index is 14.0. The Hall–Kier alpha value is -1.16. The fourth-order valence-corrected chi connectivity index (χ4v) is 1.80. The fraction of sp³-hybridized carbons (Fsp3) is 0.571. The van der Waals surface area contributed by atoms with E-state index in [0.717, 1.165) is 0 Å². The summed E-state index contributed by atoms with van der Waals surface area (Å²) in [6.45, 7) is 8.19. The van der Waals surface area contributed by atoms with Gasteiger partial charge in [0.1, 0.15) is 0 Å². The molecule has 102 valence electrons. The third-order valence-corrected chi connectivity index (χ3v) is 3.58. The van der Waals surface area contributed by atoms with E-state index < -0.39 is 11.6 Å². The smallest absolute Gasteiger partial charge is 0.182 e. The molecular formula is C14H22F2N2. The summed E-state index contributed by atoms with van der Waals surface area (Å²) in [5, 5.41) is 0. The van der Waals surface area contributed by atoms with E-state index in [1.54, 1.807) is 24.1 Å². The molecule has 2 N–H and O–H groups in total. The van der Waals surface area contributed by atoms with E-state index in [1.165, 1.54) is 0 Å². The molecule has 2 nitrogen and oxygen atoms in total. The third-order valence-electron chi connectivity index (χ3n) is 3.58. The van der Waals surface area contributed by atoms with Crippen LogP contribution in [0.1, 0.15) is 33.3 Å². The summed E-state index contributed by atoms with van der Waals surface area (Å²) < 4.78 is 27.7. The van der Waals surface area contributed by atoms with Gasteiger partial charge >= 0.3 is 0 Å². The molecule has 1 rings (SSSR count). The van der Waals surface area contributed by atoms with Crippen LogP contribution in [-0.4, -0.2) is 13.1 Å². The second-order valence-corrected chi connectivity index (χ2v) is 5.73. The number of nitrogens with zero attached hydrogens (tertiary/aromatic N) is 1. The van der Waals surface area contributed by atoms with Gasteiger partial charge in [-0.05, 0) is 18.4 Å². The monoisotopic (exact) mass is 256 g/mol. The van der Waals surface area contributed by atoms with E-state index in [1.807, 2.05) is 6.92 Å². The second-order valence-electron chi connectivity index (χ2n) is 5.73. The lowest BCUT2D eigenvalue weighted by Crippen LogP contribution is -2.40. The molecule has 0 saturated heterocycles. The van der Waals surface area contributed by atoms with Crippen molar-refractivity contribution in [3.63, 3.8) is 0 Å². The molecule has 18 heavy (non-hydrogen) atoms. The molecule has 0 radical (unpaired) electrons. The highest BCUT2D eigenvalue weighted by Crippen LogP contribution is 2.30. The number of hydrogen-bond donors (Lipinski definition) is 1. The van der Waals surface area contributed by atoms with Crippen molar-refractivity contribution in [2.45, 2.75) is 40.3 Å². The van der Waals surface area contributed by atoms with Gasteiger partial charge in [-0.25, -0.2) is 8.78 Å². The minimum absolute atomic E-state index is 0.00156. The van der Waals surface area contributed by atoms with Gasteiger partial charge in [0, 0.05) is 25.2 Å². The molecule has 4 heteroatoms. The molecule has 0 aliphatic heterocycles. The summed E-state index contributed by atoms with van der Waals surface area (Å²) in [5.74, 6) is -1.67. The largest absolute Gasteiger partial charge is 0.369 e. The highest BCUT2D eigenvalue weighted by atomic mass is 19.2. The first-order valence-corrected chi connectivity index (χ1v) is 6.10. The van der Waals surface area contributed by atoms with E-state index in [0.29, 0.717) is 0 Å². The topological polar surface area (TPSA) is 29.3 Å². The van der Waals surface area contributed by atoms with Crippen molar-refractivity contribution in [1.29, 1.82) is 0 Å². The van der Waals surface area contributed by atoms with Crippen LogP contribution in [0.4, 0.5) is 14.5 Å². The molecule has 0 heterocycles. The first kappa shape index (κ1) is 14.9. The summed E-state index contributed by atoms with van der Waals surface area (Å²) in [4.78, 5) is 1.76. The number of rotatable bonds is 3. The lowest BCUT2D eigenvalue weighted by atomic mass is 9.87. The molecule has 1 aromatic carbocycles. The predicted molar refractivity (Wildman–Crippen MR) is 71.6 cm³/mol. The molecule has 0 spiro atoms. The van der Waals surface area contributed by atoms with Gasteiger partial charge in [-0.15, -0.1) is 0 Å². The molecule has 1 aromatic rings. The highest BCUT2D eigenvalue weighted by molar-refractivity contribution is 5.50. The summed E-state index contributed by atoms with van der Waals surface area (Å²) in [5.41, 5.74) is 5.80. The minimum Gasteiger partial charge on any atom is -0.369 e. The lowest BCUT2D eigenvalue weighted by molar-refractivity contribution is 0.327. The third kappa shape index (κ3) is 2.80. The van der Waals surface area contributed by atoms with E-state index in [9.17, 15) is 8.78 Å². The molecule has 1 atom stereocenters. The van der Waals surface area contributed by atoms with Crippen molar-refractivity contribution < 1.29 is 8.78 Å². The molecule has 1 unspecified atom stereocenters. The van der Waals surface area contributed by atoms with Crippen LogP contribution in [0.3, 0.4) is 0 Å². The number of anilines is 1. The average molecular weight is 256 g/mol. The Morgan fingerprint density at radius 1 is 1.22 bits per heavy atom. The zero-order valence-corrected chi connectivity index (χ0v) is 11.7. The van der Waals surface area contributed by atoms with Crippen LogP contribution in [0, 0.1) is 17.0 Å². The Morgan fingerprint density at radius 3 is 2.22 bits per heavy atom. The van der Waals surface area contributed by atoms with Crippen molar-refractivity contribution in [2.24, 2.45) is 11.1 Å². The van der Waals surface area contributed by atoms with Gasteiger partial charge in [0.15, 0.2) is 11.6 Å². The molecule has 0 bridgehead atoms. The van der Waals surface area contributed by atoms with Crippen LogP contribution in [0.25, 0.3) is 0 Å². The molecule has 0 fully saturated rings. The van der Waals surface area contributed by atoms with Gasteiger partial charge in [0.05, 0.1) is 5.69 Å². The van der Waals surface area contributed by atoms with Gasteiger partial charge in [-0.1, -0.05) is 26.8 Å². The first-order valence-electron chi connectivity index (χ1n) is 6.10. The molecule has 0 aliphatic carbocycles. The molecule has 0 aliphatic rings. The normalized spacial score (nSPS) is 13.6. The van der Waals surface area contributed by atoms with Gasteiger partial charge in [0.25, 0.3) is 0 Å². The molecule has 0 aromatic heterocycles. The summed E-state index contributed by atoms with van der Waals surface area (Å²) in [6, 6.07) is 3.21. The number of nitrogens with two attached hydrogens (primary N) is 1. The lowest BCUT2D eigenvalue weighted by Gasteiger charge is -2.37. The Balaban J connectivity index is 3.15. The Morgan fingerprint density at radius 2 is 1.78 bits per heavy atom. The molecule has 0 amide bonds. The second kappa shape index (κ2) is 5.22. The van der Waals surface area contributed by atoms with Crippen molar-refractivity contribution in [3.8, 4) is 0 Å². The van der Waals surface area contributed by atoms with Crippen molar-refractivity contribution in [3.05, 3.63) is 29.3 Å². The average Bonchev–Trinajstić information content (AvgIpc) is 2.29. The fourth-order valence-electron chi connectivity index (χ4n) is 1.80. The summed E-state index contributed by atoms with van der Waals surface area (Å²) in [7, 11) is 1.77. The van der Waals surface area contributed by atoms with E-state index in [2.05, 4.69) is 20.8 Å². The zero-order valence-electron chi connectivity index (χ0n) is 11.7. The zero-order chi connectivity index (χ0) is 14.1. The summed E-state index contributed by atoms with van der Waals surface area (Å²) >= 11 is 0. The Bertz CT molecular complexity index is 425. The van der Waals surface area contributed by atoms with Crippen molar-refractivity contribution in [2.75, 3.05) is 11.9 Å². The highest BCUT2D eigenvalue weighted by Gasteiger charge is 2.26. The van der Waals surface area contributed by atoms with Crippen molar-refractivity contribution in [1.82, 2.24) is 0 Å². The van der Waals surface area contributed by atoms with Crippen LogP contribution in [0.15, 0.2) is 12.1 Å². The summed E-state index contributed by atoms with van der Waals surface area (Å²) in [6.07, 6.45) is 0. The maximum Gasteiger partial charge on any atom is 0.182 e. The van der Waals surface area contributed by atoms with Crippen LogP contribution in [-0.2, 0) is 6.54 Å². The van der Waals surface area contributed by atoms with Crippen LogP contribution in [0.5, 0.6) is 0 Å². The Kier molecular flexibility index (Phi) is 4.32. The van der Waals surface area contributed by atoms with Gasteiger partial charge < -0.3 is 10.6 Å². The van der Waals surface area contributed by atoms with Crippen molar-refractivity contribution >= 4 is 5.69 Å². The number of benzene rings is 1. The predicted octanol–water partition coefficient (Wildman–Crippen LogP) is 3.29. The van der Waals surface area contributed by atoms with Crippen LogP contribution in [0.2, 0.25) is 0 Å². The Labute approximate surface area is 108 Å². The molecular weight excluding hydrogens is 234 g/mol. The molecule has 0 saturated carbocycles. The maximum atomic E-state index is 14.0. The van der Waals surface area contributed by atoms with E-state index in [4.69, 9.17) is 5.73 Å². The quantitative estimate of drug-likeness (QED) is 0.899. The van der Waals surface area contributed by atoms with E-state index in [-0.39, 0.29) is 29.3 Å². The van der Waals surface area contributed by atoms with Crippen LogP contribution < -0.4 is 10.6 Å². The SMILES string of the molecule is CC(N(C)c1ccc(CN)c(F)c1F)C(C)(C)C.